The van der Waals surface area contributed by atoms with E-state index in [2.05, 4.69) is 18.7 Å². The Labute approximate surface area is 192 Å². The molecule has 0 fully saturated rings. The molecule has 33 heavy (non-hydrogen) atoms. The summed E-state index contributed by atoms with van der Waals surface area (Å²) in [5.41, 5.74) is 1.98. The van der Waals surface area contributed by atoms with E-state index in [1.54, 1.807) is 54.6 Å². The maximum Gasteiger partial charge on any atom is 0.197 e. The number of nitrogens with zero attached hydrogens (tertiary/aromatic N) is 1. The van der Waals surface area contributed by atoms with Crippen molar-refractivity contribution in [2.24, 2.45) is 0 Å². The highest BCUT2D eigenvalue weighted by Crippen LogP contribution is 2.37. The van der Waals surface area contributed by atoms with Crippen LogP contribution in [-0.4, -0.2) is 47.1 Å². The van der Waals surface area contributed by atoms with Gasteiger partial charge in [-0.25, -0.2) is 0 Å². The van der Waals surface area contributed by atoms with Crippen molar-refractivity contribution in [2.75, 3.05) is 26.2 Å². The van der Waals surface area contributed by atoms with Crippen LogP contribution in [0.3, 0.4) is 0 Å². The molecule has 0 saturated carbocycles. The van der Waals surface area contributed by atoms with Crippen molar-refractivity contribution < 1.29 is 24.2 Å². The van der Waals surface area contributed by atoms with E-state index >= 15 is 0 Å². The van der Waals surface area contributed by atoms with Gasteiger partial charge >= 0.3 is 0 Å². The molecule has 1 aromatic heterocycles. The molecule has 0 bridgehead atoms. The standard InChI is InChI=1S/C27H27NO5/c1-3-28(4-2)15-16-32-22-12-7-18(8-13-22)26(31)25-23-14-11-21(30)17-24(23)33-27(25)19-5-9-20(29)10-6-19/h5-14,17,29-30H,3-4,15-16H2,1-2H3. The fraction of sp³-hybridized carbons (Fsp3) is 0.222. The summed E-state index contributed by atoms with van der Waals surface area (Å²) in [5, 5.41) is 20.1. The van der Waals surface area contributed by atoms with Gasteiger partial charge in [0.05, 0.1) is 5.56 Å². The Morgan fingerprint density at radius 1 is 0.909 bits per heavy atom. The molecule has 170 valence electrons. The summed E-state index contributed by atoms with van der Waals surface area (Å²) in [6.45, 7) is 7.63. The van der Waals surface area contributed by atoms with Crippen LogP contribution in [-0.2, 0) is 0 Å². The highest BCUT2D eigenvalue weighted by atomic mass is 16.5. The van der Waals surface area contributed by atoms with Gasteiger partial charge in [0, 0.05) is 29.1 Å². The van der Waals surface area contributed by atoms with Crippen LogP contribution in [0.1, 0.15) is 29.8 Å². The molecule has 0 radical (unpaired) electrons. The number of carbonyl (C=O) groups excluding carboxylic acids is 1. The second kappa shape index (κ2) is 9.79. The first kappa shape index (κ1) is 22.4. The second-order valence-electron chi connectivity index (χ2n) is 7.76. The number of aromatic hydroxyl groups is 2. The van der Waals surface area contributed by atoms with E-state index < -0.39 is 0 Å². The summed E-state index contributed by atoms with van der Waals surface area (Å²) in [5.74, 6) is 1.08. The van der Waals surface area contributed by atoms with Gasteiger partial charge in [-0.15, -0.1) is 0 Å². The number of likely N-dealkylation sites (N-methyl/N-ethyl adjacent to an activating group) is 1. The lowest BCUT2D eigenvalue weighted by molar-refractivity contribution is 0.104. The van der Waals surface area contributed by atoms with E-state index in [1.165, 1.54) is 12.1 Å². The number of furan rings is 1. The van der Waals surface area contributed by atoms with E-state index in [4.69, 9.17) is 9.15 Å². The number of phenolic OH excluding ortho intramolecular Hbond substituents is 2. The topological polar surface area (TPSA) is 83.1 Å². The van der Waals surface area contributed by atoms with E-state index in [1.807, 2.05) is 0 Å². The summed E-state index contributed by atoms with van der Waals surface area (Å²) >= 11 is 0. The summed E-state index contributed by atoms with van der Waals surface area (Å²) < 4.78 is 11.8. The van der Waals surface area contributed by atoms with Gasteiger partial charge in [0.1, 0.15) is 35.2 Å². The lowest BCUT2D eigenvalue weighted by Crippen LogP contribution is -2.27. The van der Waals surface area contributed by atoms with Crippen LogP contribution in [0, 0.1) is 0 Å². The van der Waals surface area contributed by atoms with Crippen LogP contribution >= 0.6 is 0 Å². The van der Waals surface area contributed by atoms with Crippen molar-refractivity contribution in [3.8, 4) is 28.6 Å². The van der Waals surface area contributed by atoms with Gasteiger partial charge < -0.3 is 24.3 Å². The highest BCUT2D eigenvalue weighted by Gasteiger charge is 2.23. The lowest BCUT2D eigenvalue weighted by Gasteiger charge is -2.18. The van der Waals surface area contributed by atoms with Gasteiger partial charge in [0.25, 0.3) is 0 Å². The Morgan fingerprint density at radius 3 is 2.24 bits per heavy atom. The van der Waals surface area contributed by atoms with Gasteiger partial charge in [-0.3, -0.25) is 4.79 Å². The molecule has 1 heterocycles. The number of carbonyl (C=O) groups is 1. The molecule has 0 aliphatic carbocycles. The number of hydrogen-bond donors (Lipinski definition) is 2. The predicted octanol–water partition coefficient (Wildman–Crippen LogP) is 5.46. The smallest absolute Gasteiger partial charge is 0.197 e. The zero-order chi connectivity index (χ0) is 23.4. The third-order valence-electron chi connectivity index (χ3n) is 5.72. The molecule has 0 aliphatic rings. The van der Waals surface area contributed by atoms with Crippen LogP contribution in [0.4, 0.5) is 0 Å². The molecular weight excluding hydrogens is 418 g/mol. The summed E-state index contributed by atoms with van der Waals surface area (Å²) in [6.07, 6.45) is 0. The number of rotatable bonds is 9. The second-order valence-corrected chi connectivity index (χ2v) is 7.76. The molecule has 6 nitrogen and oxygen atoms in total. The maximum atomic E-state index is 13.5. The molecular formula is C27H27NO5. The molecule has 0 spiro atoms. The Balaban J connectivity index is 1.63. The minimum Gasteiger partial charge on any atom is -0.508 e. The third kappa shape index (κ3) is 4.86. The summed E-state index contributed by atoms with van der Waals surface area (Å²) in [6, 6.07) is 18.2. The Hall–Kier alpha value is -3.77. The predicted molar refractivity (Wildman–Crippen MR) is 128 cm³/mol. The van der Waals surface area contributed by atoms with Crippen LogP contribution in [0.2, 0.25) is 0 Å². The highest BCUT2D eigenvalue weighted by molar-refractivity contribution is 6.19. The van der Waals surface area contributed by atoms with Gasteiger partial charge in [-0.2, -0.15) is 0 Å². The first-order valence-electron chi connectivity index (χ1n) is 11.0. The molecule has 0 amide bonds. The molecule has 0 saturated heterocycles. The Morgan fingerprint density at radius 2 is 1.58 bits per heavy atom. The van der Waals surface area contributed by atoms with E-state index in [0.29, 0.717) is 45.8 Å². The third-order valence-corrected chi connectivity index (χ3v) is 5.72. The van der Waals surface area contributed by atoms with Gasteiger partial charge in [-0.05, 0) is 73.8 Å². The van der Waals surface area contributed by atoms with E-state index in [9.17, 15) is 15.0 Å². The largest absolute Gasteiger partial charge is 0.508 e. The minimum atomic E-state index is -0.197. The van der Waals surface area contributed by atoms with E-state index in [-0.39, 0.29) is 17.3 Å². The van der Waals surface area contributed by atoms with Crippen molar-refractivity contribution in [3.05, 3.63) is 77.9 Å². The molecule has 0 aliphatic heterocycles. The van der Waals surface area contributed by atoms with Crippen molar-refractivity contribution in [2.45, 2.75) is 13.8 Å². The number of benzene rings is 3. The molecule has 0 atom stereocenters. The minimum absolute atomic E-state index is 0.0544. The summed E-state index contributed by atoms with van der Waals surface area (Å²) in [4.78, 5) is 15.8. The Bertz CT molecular complexity index is 1240. The molecule has 4 aromatic rings. The average molecular weight is 446 g/mol. The zero-order valence-corrected chi connectivity index (χ0v) is 18.7. The molecule has 3 aromatic carbocycles. The SMILES string of the molecule is CCN(CC)CCOc1ccc(C(=O)c2c(-c3ccc(O)cc3)oc3cc(O)ccc23)cc1. The fourth-order valence-electron chi connectivity index (χ4n) is 3.81. The number of ether oxygens (including phenoxy) is 1. The number of hydrogen-bond acceptors (Lipinski definition) is 6. The lowest BCUT2D eigenvalue weighted by atomic mass is 9.97. The molecule has 4 rings (SSSR count). The van der Waals surface area contributed by atoms with Crippen molar-refractivity contribution in [3.63, 3.8) is 0 Å². The van der Waals surface area contributed by atoms with Crippen LogP contribution in [0.5, 0.6) is 17.2 Å². The van der Waals surface area contributed by atoms with Crippen LogP contribution < -0.4 is 4.74 Å². The van der Waals surface area contributed by atoms with Crippen LogP contribution in [0.15, 0.2) is 71.1 Å². The average Bonchev–Trinajstić information content (AvgIpc) is 3.20. The van der Waals surface area contributed by atoms with Gasteiger partial charge in [-0.1, -0.05) is 13.8 Å². The van der Waals surface area contributed by atoms with Crippen molar-refractivity contribution >= 4 is 16.8 Å². The first-order valence-corrected chi connectivity index (χ1v) is 11.0. The quantitative estimate of drug-likeness (QED) is 0.333. The van der Waals surface area contributed by atoms with Crippen molar-refractivity contribution in [1.29, 1.82) is 0 Å². The molecule has 2 N–H and O–H groups in total. The fourth-order valence-corrected chi connectivity index (χ4v) is 3.81. The summed E-state index contributed by atoms with van der Waals surface area (Å²) in [7, 11) is 0. The van der Waals surface area contributed by atoms with Crippen molar-refractivity contribution in [1.82, 2.24) is 4.90 Å². The normalized spacial score (nSPS) is 11.2. The monoisotopic (exact) mass is 445 g/mol. The maximum absolute atomic E-state index is 13.5. The first-order chi connectivity index (χ1) is 16.0. The molecule has 6 heteroatoms. The molecule has 0 unspecified atom stereocenters. The van der Waals surface area contributed by atoms with Gasteiger partial charge in [0.15, 0.2) is 5.78 Å². The van der Waals surface area contributed by atoms with E-state index in [0.717, 1.165) is 19.6 Å². The number of phenols is 2. The van der Waals surface area contributed by atoms with Crippen LogP contribution in [0.25, 0.3) is 22.3 Å². The number of fused-ring (bicyclic) bond motifs is 1. The number of ketones is 1. The van der Waals surface area contributed by atoms with Gasteiger partial charge in [0.2, 0.25) is 0 Å². The Kier molecular flexibility index (Phi) is 6.66. The zero-order valence-electron chi connectivity index (χ0n) is 18.7.